The predicted octanol–water partition coefficient (Wildman–Crippen LogP) is 4.53. The van der Waals surface area contributed by atoms with Crippen LogP contribution in [-0.4, -0.2) is 60.7 Å². The van der Waals surface area contributed by atoms with Crippen LogP contribution in [-0.2, 0) is 4.79 Å². The van der Waals surface area contributed by atoms with Gasteiger partial charge < -0.3 is 24.3 Å². The maximum atomic E-state index is 12.9. The van der Waals surface area contributed by atoms with Crippen molar-refractivity contribution in [3.8, 4) is 5.75 Å². The lowest BCUT2D eigenvalue weighted by molar-refractivity contribution is -0.113. The molecule has 5 rings (SSSR count). The molecule has 1 aliphatic heterocycles. The molecule has 0 unspecified atom stereocenters. The third-order valence-corrected chi connectivity index (χ3v) is 6.85. The molecule has 1 aromatic heterocycles. The number of carbonyl (C=O) groups is 2. The van der Waals surface area contributed by atoms with E-state index in [4.69, 9.17) is 9.15 Å². The molecule has 2 amide bonds. The van der Waals surface area contributed by atoms with Crippen molar-refractivity contribution in [2.75, 3.05) is 49.3 Å². The third kappa shape index (κ3) is 5.31. The lowest BCUT2D eigenvalue weighted by atomic mass is 10.1. The number of piperazine rings is 1. The number of nitrogens with zero attached hydrogens (tertiary/aromatic N) is 3. The van der Waals surface area contributed by atoms with E-state index in [1.807, 2.05) is 65.6 Å². The first kappa shape index (κ1) is 23.7. The Labute approximate surface area is 213 Å². The van der Waals surface area contributed by atoms with E-state index in [-0.39, 0.29) is 17.6 Å². The van der Waals surface area contributed by atoms with Crippen molar-refractivity contribution in [1.82, 2.24) is 9.88 Å². The molecule has 0 aliphatic carbocycles. The number of ether oxygens (including phenoxy) is 1. The fraction of sp³-hybridized carbons (Fsp3) is 0.222. The van der Waals surface area contributed by atoms with E-state index < -0.39 is 0 Å². The molecule has 8 nitrogen and oxygen atoms in total. The quantitative estimate of drug-likeness (QED) is 0.372. The Morgan fingerprint density at radius 3 is 2.44 bits per heavy atom. The van der Waals surface area contributed by atoms with Crippen LogP contribution in [0, 0.1) is 0 Å². The van der Waals surface area contributed by atoms with Crippen molar-refractivity contribution in [1.29, 1.82) is 0 Å². The molecular formula is C27H26N4O4S. The molecule has 1 fully saturated rings. The van der Waals surface area contributed by atoms with Gasteiger partial charge in [-0.05, 0) is 48.5 Å². The minimum absolute atomic E-state index is 0.0131. The summed E-state index contributed by atoms with van der Waals surface area (Å²) in [7, 11) is 1.58. The minimum Gasteiger partial charge on any atom is -0.496 e. The summed E-state index contributed by atoms with van der Waals surface area (Å²) in [5.74, 6) is 0.658. The first-order chi connectivity index (χ1) is 17.6. The van der Waals surface area contributed by atoms with E-state index in [1.165, 1.54) is 11.8 Å². The van der Waals surface area contributed by atoms with Gasteiger partial charge in [-0.15, -0.1) is 0 Å². The zero-order valence-electron chi connectivity index (χ0n) is 19.8. The second kappa shape index (κ2) is 10.7. The first-order valence-electron chi connectivity index (χ1n) is 11.7. The molecule has 3 aromatic carbocycles. The molecule has 0 radical (unpaired) electrons. The number of rotatable bonds is 7. The molecule has 1 saturated heterocycles. The number of hydrogen-bond acceptors (Lipinski definition) is 7. The van der Waals surface area contributed by atoms with Crippen molar-refractivity contribution in [2.24, 2.45) is 0 Å². The maximum absolute atomic E-state index is 12.9. The van der Waals surface area contributed by atoms with Gasteiger partial charge >= 0.3 is 0 Å². The van der Waals surface area contributed by atoms with Gasteiger partial charge in [0.25, 0.3) is 11.1 Å². The Morgan fingerprint density at radius 2 is 1.69 bits per heavy atom. The van der Waals surface area contributed by atoms with Crippen LogP contribution in [0.15, 0.2) is 82.4 Å². The van der Waals surface area contributed by atoms with Crippen LogP contribution in [0.5, 0.6) is 5.75 Å². The highest BCUT2D eigenvalue weighted by molar-refractivity contribution is 7.99. The van der Waals surface area contributed by atoms with Crippen LogP contribution in [0.25, 0.3) is 11.1 Å². The minimum atomic E-state index is -0.126. The van der Waals surface area contributed by atoms with Crippen LogP contribution in [0.3, 0.4) is 0 Å². The average molecular weight is 503 g/mol. The molecule has 9 heteroatoms. The maximum Gasteiger partial charge on any atom is 0.257 e. The van der Waals surface area contributed by atoms with E-state index in [9.17, 15) is 9.59 Å². The van der Waals surface area contributed by atoms with Crippen LogP contribution in [0.4, 0.5) is 11.4 Å². The summed E-state index contributed by atoms with van der Waals surface area (Å²) in [6.07, 6.45) is 0. The number of anilines is 2. The molecule has 4 aromatic rings. The average Bonchev–Trinajstić information content (AvgIpc) is 3.35. The van der Waals surface area contributed by atoms with E-state index in [2.05, 4.69) is 15.2 Å². The summed E-state index contributed by atoms with van der Waals surface area (Å²) in [4.78, 5) is 33.8. The molecule has 0 spiro atoms. The monoisotopic (exact) mass is 502 g/mol. The number of methoxy groups -OCH3 is 1. The number of oxazole rings is 1. The highest BCUT2D eigenvalue weighted by atomic mass is 32.2. The Kier molecular flexibility index (Phi) is 7.08. The van der Waals surface area contributed by atoms with Gasteiger partial charge in [-0.25, -0.2) is 4.98 Å². The topological polar surface area (TPSA) is 87.9 Å². The zero-order chi connectivity index (χ0) is 24.9. The number of aromatic nitrogens is 1. The van der Waals surface area contributed by atoms with E-state index in [1.54, 1.807) is 19.2 Å². The predicted molar refractivity (Wildman–Crippen MR) is 141 cm³/mol. The Hall–Kier alpha value is -3.98. The normalized spacial score (nSPS) is 13.6. The van der Waals surface area contributed by atoms with Crippen molar-refractivity contribution >= 4 is 46.1 Å². The van der Waals surface area contributed by atoms with Crippen molar-refractivity contribution in [3.05, 3.63) is 78.4 Å². The summed E-state index contributed by atoms with van der Waals surface area (Å²) in [6, 6.07) is 22.6. The molecule has 36 heavy (non-hydrogen) atoms. The Bertz CT molecular complexity index is 1330. The van der Waals surface area contributed by atoms with Gasteiger partial charge in [0.15, 0.2) is 5.58 Å². The number of carbonyl (C=O) groups excluding carboxylic acids is 2. The fourth-order valence-electron chi connectivity index (χ4n) is 4.15. The number of benzene rings is 3. The summed E-state index contributed by atoms with van der Waals surface area (Å²) in [6.45, 7) is 2.71. The number of thioether (sulfide) groups is 1. The van der Waals surface area contributed by atoms with Gasteiger partial charge in [0.05, 0.1) is 18.4 Å². The van der Waals surface area contributed by atoms with Crippen LogP contribution in [0.2, 0.25) is 0 Å². The van der Waals surface area contributed by atoms with Gasteiger partial charge in [-0.1, -0.05) is 36.0 Å². The van der Waals surface area contributed by atoms with Crippen molar-refractivity contribution < 1.29 is 18.7 Å². The van der Waals surface area contributed by atoms with Gasteiger partial charge in [0.2, 0.25) is 5.91 Å². The molecule has 0 atom stereocenters. The lowest BCUT2D eigenvalue weighted by Gasteiger charge is -2.36. The van der Waals surface area contributed by atoms with Crippen LogP contribution in [0.1, 0.15) is 10.4 Å². The van der Waals surface area contributed by atoms with Crippen LogP contribution < -0.4 is 15.0 Å². The lowest BCUT2D eigenvalue weighted by Crippen LogP contribution is -2.48. The molecule has 2 heterocycles. The number of fused-ring (bicyclic) bond motifs is 1. The van der Waals surface area contributed by atoms with Gasteiger partial charge in [0.1, 0.15) is 11.3 Å². The number of para-hydroxylation sites is 3. The Morgan fingerprint density at radius 1 is 0.972 bits per heavy atom. The number of hydrogen-bond donors (Lipinski definition) is 1. The summed E-state index contributed by atoms with van der Waals surface area (Å²) >= 11 is 1.26. The molecule has 184 valence electrons. The number of amides is 2. The fourth-order valence-corrected chi connectivity index (χ4v) is 4.79. The van der Waals surface area contributed by atoms with Gasteiger partial charge in [0, 0.05) is 37.6 Å². The molecule has 1 N–H and O–H groups in total. The van der Waals surface area contributed by atoms with Gasteiger partial charge in [-0.2, -0.15) is 0 Å². The van der Waals surface area contributed by atoms with Gasteiger partial charge in [-0.3, -0.25) is 9.59 Å². The van der Waals surface area contributed by atoms with E-state index in [0.717, 1.165) is 30.0 Å². The van der Waals surface area contributed by atoms with Crippen molar-refractivity contribution in [2.45, 2.75) is 5.22 Å². The zero-order valence-corrected chi connectivity index (χ0v) is 20.7. The number of nitrogens with one attached hydrogen (secondary N) is 1. The third-order valence-electron chi connectivity index (χ3n) is 6.02. The van der Waals surface area contributed by atoms with Crippen molar-refractivity contribution in [3.63, 3.8) is 0 Å². The summed E-state index contributed by atoms with van der Waals surface area (Å²) in [5, 5.41) is 3.39. The molecule has 0 bridgehead atoms. The SMILES string of the molecule is COc1ccccc1C(=O)N1CCN(c2ccc(NC(=O)CSc3nc4ccccc4o3)cc2)CC1. The molecule has 1 aliphatic rings. The standard InChI is InChI=1S/C27H26N4O4S/c1-34-23-8-4-2-6-21(23)26(33)31-16-14-30(15-17-31)20-12-10-19(11-13-20)28-25(32)18-36-27-29-22-7-3-5-9-24(22)35-27/h2-13H,14-18H2,1H3,(H,28,32). The highest BCUT2D eigenvalue weighted by Crippen LogP contribution is 2.25. The summed E-state index contributed by atoms with van der Waals surface area (Å²) in [5.41, 5.74) is 3.86. The second-order valence-electron chi connectivity index (χ2n) is 8.31. The Balaban J connectivity index is 1.11. The van der Waals surface area contributed by atoms with E-state index >= 15 is 0 Å². The smallest absolute Gasteiger partial charge is 0.257 e. The second-order valence-corrected chi connectivity index (χ2v) is 9.24. The highest BCUT2D eigenvalue weighted by Gasteiger charge is 2.24. The largest absolute Gasteiger partial charge is 0.496 e. The van der Waals surface area contributed by atoms with E-state index in [0.29, 0.717) is 35.2 Å². The first-order valence-corrected chi connectivity index (χ1v) is 12.6. The summed E-state index contributed by atoms with van der Waals surface area (Å²) < 4.78 is 11.0. The molecular weight excluding hydrogens is 476 g/mol. The molecule has 0 saturated carbocycles. The van der Waals surface area contributed by atoms with Crippen LogP contribution >= 0.6 is 11.8 Å².